The van der Waals surface area contributed by atoms with E-state index in [1.165, 1.54) is 48.5 Å². The van der Waals surface area contributed by atoms with Gasteiger partial charge in [0.15, 0.2) is 0 Å². The van der Waals surface area contributed by atoms with Crippen LogP contribution >= 0.6 is 92.8 Å². The van der Waals surface area contributed by atoms with Crippen LogP contribution in [0.5, 0.6) is 0 Å². The molecule has 0 bridgehead atoms. The van der Waals surface area contributed by atoms with E-state index in [0.717, 1.165) is 0 Å². The van der Waals surface area contributed by atoms with E-state index in [-0.39, 0.29) is 19.8 Å². The van der Waals surface area contributed by atoms with E-state index >= 15 is 0 Å². The van der Waals surface area contributed by atoms with Crippen molar-refractivity contribution >= 4 is 124 Å². The Morgan fingerprint density at radius 3 is 1.06 bits per heavy atom. The zero-order valence-corrected chi connectivity index (χ0v) is 23.7. The van der Waals surface area contributed by atoms with Crippen molar-refractivity contribution < 1.29 is 16.8 Å². The monoisotopic (exact) mass is 660 g/mol. The zero-order chi connectivity index (χ0) is 25.7. The third-order valence-corrected chi connectivity index (χ3v) is 10.4. The molecule has 182 valence electrons. The lowest BCUT2D eigenvalue weighted by molar-refractivity contribution is 0.595. The van der Waals surface area contributed by atoms with Gasteiger partial charge in [-0.25, -0.2) is 0 Å². The van der Waals surface area contributed by atoms with Crippen molar-refractivity contribution in [2.75, 3.05) is 0 Å². The molecule has 0 aliphatic heterocycles. The Bertz CT molecular complexity index is 1340. The molecule has 2 aromatic rings. The molecule has 0 radical (unpaired) electrons. The minimum absolute atomic E-state index is 0.276. The number of nitrogens with zero attached hydrogens (tertiary/aromatic N) is 2. The quantitative estimate of drug-likeness (QED) is 0.329. The summed E-state index contributed by atoms with van der Waals surface area (Å²) in [5, 5.41) is -0.715. The van der Waals surface area contributed by atoms with Crippen molar-refractivity contribution in [3.8, 4) is 0 Å². The Morgan fingerprint density at radius 1 is 0.529 bits per heavy atom. The average molecular weight is 664 g/mol. The summed E-state index contributed by atoms with van der Waals surface area (Å²) < 4.78 is 53.1. The van der Waals surface area contributed by atoms with E-state index in [2.05, 4.69) is 8.80 Å². The topological polar surface area (TPSA) is 93.0 Å². The number of halogens is 8. The third kappa shape index (κ3) is 5.37. The fourth-order valence-corrected chi connectivity index (χ4v) is 6.84. The Balaban J connectivity index is 2.22. The number of hydrogen-bond acceptors (Lipinski definition) is 4. The maximum Gasteiger partial charge on any atom is 0.282 e. The van der Waals surface area contributed by atoms with Crippen LogP contribution < -0.4 is 0 Å². The average Bonchev–Trinajstić information content (AvgIpc) is 2.74. The molecule has 0 saturated carbocycles. The Hall–Kier alpha value is -0.260. The van der Waals surface area contributed by atoms with Crippen LogP contribution in [0.1, 0.15) is 0 Å². The van der Waals surface area contributed by atoms with Crippen LogP contribution in [0.4, 0.5) is 0 Å². The third-order valence-electron chi connectivity index (χ3n) is 4.24. The lowest BCUT2D eigenvalue weighted by atomic mass is 10.0. The predicted molar refractivity (Wildman–Crippen MR) is 140 cm³/mol. The Kier molecular flexibility index (Phi) is 8.24. The molecule has 0 N–H and O–H groups in total. The number of rotatable bonds is 4. The maximum atomic E-state index is 12.8. The van der Waals surface area contributed by atoms with Crippen LogP contribution in [0.15, 0.2) is 77.2 Å². The van der Waals surface area contributed by atoms with Gasteiger partial charge in [-0.15, -0.1) is 0 Å². The summed E-state index contributed by atoms with van der Waals surface area (Å²) in [5.41, 5.74) is -1.49. The van der Waals surface area contributed by atoms with Crippen molar-refractivity contribution in [1.29, 1.82) is 0 Å². The van der Waals surface area contributed by atoms with Gasteiger partial charge >= 0.3 is 0 Å². The second kappa shape index (κ2) is 9.89. The number of sulfonamides is 2. The smallest absolute Gasteiger partial charge is 0.199 e. The van der Waals surface area contributed by atoms with Gasteiger partial charge in [0, 0.05) is 10.0 Å². The number of allylic oxidation sites excluding steroid dienone is 2. The van der Waals surface area contributed by atoms with Gasteiger partial charge in [0.25, 0.3) is 20.0 Å². The molecule has 1 aliphatic rings. The van der Waals surface area contributed by atoms with Crippen molar-refractivity contribution in [1.82, 2.24) is 0 Å². The minimum Gasteiger partial charge on any atom is -0.199 e. The molecule has 0 aromatic heterocycles. The van der Waals surface area contributed by atoms with Gasteiger partial charge in [-0.3, -0.25) is 0 Å². The van der Waals surface area contributed by atoms with Gasteiger partial charge in [0.1, 0.15) is 11.4 Å². The first kappa shape index (κ1) is 28.3. The molecule has 1 aliphatic carbocycles. The molecule has 2 aromatic carbocycles. The highest BCUT2D eigenvalue weighted by molar-refractivity contribution is 7.90. The van der Waals surface area contributed by atoms with E-state index in [4.69, 9.17) is 92.8 Å². The summed E-state index contributed by atoms with van der Waals surface area (Å²) in [6.45, 7) is 0. The second-order valence-corrected chi connectivity index (χ2v) is 14.0. The summed E-state index contributed by atoms with van der Waals surface area (Å²) in [6.07, 6.45) is 0. The van der Waals surface area contributed by atoms with Crippen LogP contribution in [0.25, 0.3) is 0 Å². The van der Waals surface area contributed by atoms with Gasteiger partial charge < -0.3 is 0 Å². The summed E-state index contributed by atoms with van der Waals surface area (Å²) in [7, 11) is -8.92. The van der Waals surface area contributed by atoms with Crippen LogP contribution in [-0.4, -0.2) is 36.9 Å². The van der Waals surface area contributed by atoms with E-state index in [1.807, 2.05) is 0 Å². The summed E-state index contributed by atoms with van der Waals surface area (Å²) in [6, 6.07) is 9.95. The first-order valence-corrected chi connectivity index (χ1v) is 14.4. The van der Waals surface area contributed by atoms with Crippen molar-refractivity contribution in [3.63, 3.8) is 0 Å². The van der Waals surface area contributed by atoms with Crippen molar-refractivity contribution in [2.24, 2.45) is 8.80 Å². The number of benzene rings is 2. The van der Waals surface area contributed by atoms with Crippen LogP contribution in [-0.2, 0) is 20.0 Å². The van der Waals surface area contributed by atoms with E-state index in [0.29, 0.717) is 0 Å². The second-order valence-electron chi connectivity index (χ2n) is 6.51. The molecular formula is C18H8Cl8N2O4S2. The number of hydrogen-bond donors (Lipinski definition) is 0. The van der Waals surface area contributed by atoms with Gasteiger partial charge in [-0.05, 0) is 48.5 Å². The fourth-order valence-electron chi connectivity index (χ4n) is 2.53. The zero-order valence-electron chi connectivity index (χ0n) is 16.0. The molecule has 3 rings (SSSR count). The summed E-state index contributed by atoms with van der Waals surface area (Å²) in [4.78, 5) is -0.567. The minimum atomic E-state index is -4.46. The van der Waals surface area contributed by atoms with Crippen molar-refractivity contribution in [3.05, 3.63) is 68.6 Å². The lowest BCUT2D eigenvalue weighted by Crippen LogP contribution is -2.53. The van der Waals surface area contributed by atoms with E-state index in [1.54, 1.807) is 0 Å². The first-order valence-electron chi connectivity index (χ1n) is 8.54. The van der Waals surface area contributed by atoms with Gasteiger partial charge in [0.05, 0.1) is 19.9 Å². The Labute approximate surface area is 235 Å². The van der Waals surface area contributed by atoms with Gasteiger partial charge in [-0.1, -0.05) is 92.8 Å². The van der Waals surface area contributed by atoms with E-state index in [9.17, 15) is 16.8 Å². The molecule has 0 saturated heterocycles. The molecule has 16 heteroatoms. The van der Waals surface area contributed by atoms with Crippen LogP contribution in [0.3, 0.4) is 0 Å². The Morgan fingerprint density at radius 2 is 0.794 bits per heavy atom. The fraction of sp³-hybridized carbons (Fsp3) is 0.111. The molecule has 0 spiro atoms. The van der Waals surface area contributed by atoms with Gasteiger partial charge in [0.2, 0.25) is 8.67 Å². The maximum absolute atomic E-state index is 12.8. The van der Waals surface area contributed by atoms with E-state index < -0.39 is 50.2 Å². The summed E-state index contributed by atoms with van der Waals surface area (Å²) >= 11 is 49.2. The lowest BCUT2D eigenvalue weighted by Gasteiger charge is -2.38. The van der Waals surface area contributed by atoms with Crippen LogP contribution in [0, 0.1) is 0 Å². The molecule has 6 nitrogen and oxygen atoms in total. The standard InChI is InChI=1S/C18H8Cl8N2O4S2/c19-9-1-5-11(6-2-9)33(29,30)27-15-13(21)14(22)16(18(25,26)17(15,23)24)28-34(31,32)12-7-3-10(20)4-8-12/h1-8H/b27-15+,28-16+. The highest BCUT2D eigenvalue weighted by Gasteiger charge is 2.61. The van der Waals surface area contributed by atoms with Gasteiger partial charge in [-0.2, -0.15) is 25.6 Å². The highest BCUT2D eigenvalue weighted by Crippen LogP contribution is 2.53. The molecule has 0 fully saturated rings. The van der Waals surface area contributed by atoms with Crippen LogP contribution in [0.2, 0.25) is 10.0 Å². The molecular weight excluding hydrogens is 656 g/mol. The highest BCUT2D eigenvalue weighted by atomic mass is 35.5. The molecule has 0 unspecified atom stereocenters. The first-order chi connectivity index (χ1) is 15.5. The van der Waals surface area contributed by atoms with Crippen molar-refractivity contribution in [2.45, 2.75) is 18.5 Å². The SMILES string of the molecule is O=S(=O)(/N=C1C(Cl)=C(Cl)/C(=N\S(=O)(=O)c2ccc(Cl)cc2)C(Cl)(Cl)C\1(Cl)Cl)c1ccc(Cl)cc1. The largest absolute Gasteiger partial charge is 0.282 e. The molecule has 0 atom stereocenters. The number of alkyl halides is 4. The normalized spacial score (nSPS) is 20.7. The molecule has 34 heavy (non-hydrogen) atoms. The molecule has 0 amide bonds. The summed E-state index contributed by atoms with van der Waals surface area (Å²) in [5.74, 6) is 0. The molecule has 0 heterocycles. The predicted octanol–water partition coefficient (Wildman–Crippen LogP) is 7.00.